The molecule has 0 saturated heterocycles. The molecule has 0 amide bonds. The molecule has 0 spiro atoms. The molecule has 2 rings (SSSR count). The molecule has 0 saturated carbocycles. The zero-order chi connectivity index (χ0) is 19.3. The first-order valence-corrected chi connectivity index (χ1v) is 7.76. The van der Waals surface area contributed by atoms with Gasteiger partial charge in [-0.25, -0.2) is 9.59 Å². The third-order valence-electron chi connectivity index (χ3n) is 3.81. The van der Waals surface area contributed by atoms with Gasteiger partial charge in [0.15, 0.2) is 0 Å². The average molecular weight is 363 g/mol. The lowest BCUT2D eigenvalue weighted by Gasteiger charge is -2.30. The van der Waals surface area contributed by atoms with E-state index >= 15 is 0 Å². The van der Waals surface area contributed by atoms with Gasteiger partial charge in [-0.15, -0.1) is 0 Å². The summed E-state index contributed by atoms with van der Waals surface area (Å²) in [6, 6.07) is 7.15. The standard InChI is InChI=1S/C18H21NO7/c1-10-15(25-17(20)23-4)14(12-8-6-7-9-13(12)22-3)16(11(2)19-10)26-18(21)24-5/h6-9,14,19H,1-5H3. The van der Waals surface area contributed by atoms with Gasteiger partial charge in [0, 0.05) is 5.56 Å². The van der Waals surface area contributed by atoms with Gasteiger partial charge in [-0.3, -0.25) is 0 Å². The lowest BCUT2D eigenvalue weighted by atomic mass is 9.90. The molecule has 0 aromatic heterocycles. The number of dihydropyridines is 1. The molecule has 0 radical (unpaired) electrons. The van der Waals surface area contributed by atoms with Crippen molar-refractivity contribution in [2.45, 2.75) is 19.8 Å². The third-order valence-corrected chi connectivity index (χ3v) is 3.81. The van der Waals surface area contributed by atoms with Crippen LogP contribution in [0.15, 0.2) is 47.2 Å². The first-order valence-electron chi connectivity index (χ1n) is 7.76. The Kier molecular flexibility index (Phi) is 6.11. The van der Waals surface area contributed by atoms with Crippen LogP contribution in [0.25, 0.3) is 0 Å². The van der Waals surface area contributed by atoms with Gasteiger partial charge >= 0.3 is 12.3 Å². The van der Waals surface area contributed by atoms with Crippen LogP contribution < -0.4 is 10.1 Å². The van der Waals surface area contributed by atoms with Crippen molar-refractivity contribution in [3.8, 4) is 5.75 Å². The lowest BCUT2D eigenvalue weighted by molar-refractivity contribution is 0.0783. The number of allylic oxidation sites excluding steroid dienone is 2. The third kappa shape index (κ3) is 3.90. The molecule has 1 heterocycles. The van der Waals surface area contributed by atoms with E-state index in [9.17, 15) is 9.59 Å². The quantitative estimate of drug-likeness (QED) is 0.814. The highest BCUT2D eigenvalue weighted by atomic mass is 16.7. The second kappa shape index (κ2) is 8.28. The Labute approximate surface area is 151 Å². The number of nitrogens with one attached hydrogen (secondary N) is 1. The predicted molar refractivity (Wildman–Crippen MR) is 91.3 cm³/mol. The highest BCUT2D eigenvalue weighted by Crippen LogP contribution is 2.42. The minimum absolute atomic E-state index is 0.228. The molecule has 1 aromatic carbocycles. The van der Waals surface area contributed by atoms with Gasteiger partial charge in [0.1, 0.15) is 23.2 Å². The summed E-state index contributed by atoms with van der Waals surface area (Å²) in [6.45, 7) is 3.47. The molecular weight excluding hydrogens is 342 g/mol. The molecule has 0 fully saturated rings. The van der Waals surface area contributed by atoms with Crippen molar-refractivity contribution >= 4 is 12.3 Å². The van der Waals surface area contributed by atoms with Gasteiger partial charge in [0.05, 0.1) is 32.7 Å². The molecule has 0 atom stereocenters. The van der Waals surface area contributed by atoms with Crippen LogP contribution in [0.4, 0.5) is 9.59 Å². The molecule has 8 nitrogen and oxygen atoms in total. The molecule has 140 valence electrons. The van der Waals surface area contributed by atoms with E-state index in [1.54, 1.807) is 38.1 Å². The second-order valence-corrected chi connectivity index (χ2v) is 5.39. The normalized spacial score (nSPS) is 14.5. The molecule has 26 heavy (non-hydrogen) atoms. The van der Waals surface area contributed by atoms with Gasteiger partial charge in [-0.2, -0.15) is 0 Å². The van der Waals surface area contributed by atoms with Crippen LogP contribution in [0.5, 0.6) is 5.75 Å². The molecule has 1 aliphatic rings. The van der Waals surface area contributed by atoms with Crippen molar-refractivity contribution in [2.75, 3.05) is 21.3 Å². The second-order valence-electron chi connectivity index (χ2n) is 5.39. The van der Waals surface area contributed by atoms with Crippen LogP contribution in [0, 0.1) is 0 Å². The van der Waals surface area contributed by atoms with Crippen LogP contribution in [0.1, 0.15) is 25.3 Å². The Hall–Kier alpha value is -3.16. The fourth-order valence-electron chi connectivity index (χ4n) is 2.68. The van der Waals surface area contributed by atoms with Crippen LogP contribution in [0.3, 0.4) is 0 Å². The van der Waals surface area contributed by atoms with E-state index in [2.05, 4.69) is 14.8 Å². The summed E-state index contributed by atoms with van der Waals surface area (Å²) in [5.74, 6) is 0.277. The van der Waals surface area contributed by atoms with E-state index in [0.717, 1.165) is 0 Å². The fraction of sp³-hybridized carbons (Fsp3) is 0.333. The first-order chi connectivity index (χ1) is 12.4. The maximum Gasteiger partial charge on any atom is 0.513 e. The summed E-state index contributed by atoms with van der Waals surface area (Å²) in [4.78, 5) is 23.5. The van der Waals surface area contributed by atoms with Crippen molar-refractivity contribution < 1.29 is 33.3 Å². The van der Waals surface area contributed by atoms with E-state index in [-0.39, 0.29) is 11.5 Å². The Bertz CT molecular complexity index is 727. The molecule has 1 aromatic rings. The zero-order valence-corrected chi connectivity index (χ0v) is 15.2. The minimum Gasteiger partial charge on any atom is -0.496 e. The molecular formula is C18H21NO7. The molecule has 8 heteroatoms. The topological polar surface area (TPSA) is 92.3 Å². The number of hydrogen-bond donors (Lipinski definition) is 1. The maximum absolute atomic E-state index is 11.7. The number of methoxy groups -OCH3 is 3. The largest absolute Gasteiger partial charge is 0.513 e. The summed E-state index contributed by atoms with van der Waals surface area (Å²) in [7, 11) is 3.94. The van der Waals surface area contributed by atoms with E-state index in [4.69, 9.17) is 14.2 Å². The number of benzene rings is 1. The van der Waals surface area contributed by atoms with E-state index in [1.807, 2.05) is 0 Å². The lowest BCUT2D eigenvalue weighted by Crippen LogP contribution is -2.29. The van der Waals surface area contributed by atoms with Crippen molar-refractivity contribution in [3.05, 3.63) is 52.7 Å². The van der Waals surface area contributed by atoms with Gasteiger partial charge in [-0.05, 0) is 19.9 Å². The minimum atomic E-state index is -0.891. The molecule has 1 N–H and O–H groups in total. The van der Waals surface area contributed by atoms with Crippen molar-refractivity contribution in [1.29, 1.82) is 0 Å². The summed E-state index contributed by atoms with van der Waals surface area (Å²) in [6.07, 6.45) is -1.78. The highest BCUT2D eigenvalue weighted by Gasteiger charge is 2.36. The molecule has 0 bridgehead atoms. The Morgan fingerprint density at radius 1 is 0.885 bits per heavy atom. The van der Waals surface area contributed by atoms with E-state index in [1.165, 1.54) is 21.3 Å². The monoisotopic (exact) mass is 363 g/mol. The Balaban J connectivity index is 2.61. The average Bonchev–Trinajstić information content (AvgIpc) is 2.65. The van der Waals surface area contributed by atoms with Gasteiger partial charge in [0.25, 0.3) is 0 Å². The van der Waals surface area contributed by atoms with E-state index < -0.39 is 18.2 Å². The van der Waals surface area contributed by atoms with Gasteiger partial charge in [-0.1, -0.05) is 18.2 Å². The number of para-hydroxylation sites is 1. The molecule has 0 unspecified atom stereocenters. The summed E-state index contributed by atoms with van der Waals surface area (Å²) < 4.78 is 25.3. The number of rotatable bonds is 4. The molecule has 1 aliphatic heterocycles. The highest BCUT2D eigenvalue weighted by molar-refractivity contribution is 5.65. The Morgan fingerprint density at radius 2 is 1.38 bits per heavy atom. The van der Waals surface area contributed by atoms with Crippen LogP contribution in [-0.2, 0) is 18.9 Å². The van der Waals surface area contributed by atoms with Crippen molar-refractivity contribution in [2.24, 2.45) is 0 Å². The number of carbonyl (C=O) groups excluding carboxylic acids is 2. The number of hydrogen-bond acceptors (Lipinski definition) is 8. The maximum atomic E-state index is 11.7. The van der Waals surface area contributed by atoms with E-state index in [0.29, 0.717) is 22.7 Å². The number of ether oxygens (including phenoxy) is 5. The van der Waals surface area contributed by atoms with Crippen LogP contribution >= 0.6 is 0 Å². The summed E-state index contributed by atoms with van der Waals surface area (Å²) in [5, 5.41) is 3.03. The van der Waals surface area contributed by atoms with Crippen LogP contribution in [-0.4, -0.2) is 33.6 Å². The van der Waals surface area contributed by atoms with Crippen molar-refractivity contribution in [1.82, 2.24) is 5.32 Å². The SMILES string of the molecule is COC(=O)OC1=C(C)NC(C)=C(OC(=O)OC)C1c1ccccc1OC. The van der Waals surface area contributed by atoms with Crippen LogP contribution in [0.2, 0.25) is 0 Å². The zero-order valence-electron chi connectivity index (χ0n) is 15.2. The summed E-state index contributed by atoms with van der Waals surface area (Å²) in [5.41, 5.74) is 1.79. The Morgan fingerprint density at radius 3 is 1.85 bits per heavy atom. The summed E-state index contributed by atoms with van der Waals surface area (Å²) >= 11 is 0. The van der Waals surface area contributed by atoms with Gasteiger partial charge < -0.3 is 29.0 Å². The molecule has 0 aliphatic carbocycles. The van der Waals surface area contributed by atoms with Crippen molar-refractivity contribution in [3.63, 3.8) is 0 Å². The smallest absolute Gasteiger partial charge is 0.496 e. The fourth-order valence-corrected chi connectivity index (χ4v) is 2.68. The predicted octanol–water partition coefficient (Wildman–Crippen LogP) is 3.41. The number of carbonyl (C=O) groups is 2. The van der Waals surface area contributed by atoms with Gasteiger partial charge in [0.2, 0.25) is 0 Å². The first kappa shape index (κ1) is 19.2.